The lowest BCUT2D eigenvalue weighted by molar-refractivity contribution is 0.122. The number of benzene rings is 2. The summed E-state index contributed by atoms with van der Waals surface area (Å²) in [4.78, 5) is 11.2. The van der Waals surface area contributed by atoms with Crippen molar-refractivity contribution in [1.82, 2.24) is 14.7 Å². The van der Waals surface area contributed by atoms with Gasteiger partial charge < -0.3 is 19.7 Å². The van der Waals surface area contributed by atoms with Crippen LogP contribution < -0.4 is 19.7 Å². The van der Waals surface area contributed by atoms with Gasteiger partial charge >= 0.3 is 0 Å². The molecule has 0 radical (unpaired) electrons. The predicted octanol–water partition coefficient (Wildman–Crippen LogP) is 2.52. The molecular formula is C24H26N6O4S. The Morgan fingerprint density at radius 3 is 2.63 bits per heavy atom. The van der Waals surface area contributed by atoms with Crippen molar-refractivity contribution >= 4 is 27.3 Å². The predicted molar refractivity (Wildman–Crippen MR) is 133 cm³/mol. The van der Waals surface area contributed by atoms with Gasteiger partial charge in [-0.1, -0.05) is 0 Å². The van der Waals surface area contributed by atoms with Gasteiger partial charge in [-0.15, -0.1) is 0 Å². The summed E-state index contributed by atoms with van der Waals surface area (Å²) in [6, 6.07) is 17.1. The van der Waals surface area contributed by atoms with E-state index >= 15 is 0 Å². The van der Waals surface area contributed by atoms with E-state index in [4.69, 9.17) is 9.47 Å². The summed E-state index contributed by atoms with van der Waals surface area (Å²) in [7, 11) is -3.29. The Labute approximate surface area is 204 Å². The molecule has 4 rings (SSSR count). The van der Waals surface area contributed by atoms with Crippen LogP contribution in [0.25, 0.3) is 11.3 Å². The molecule has 0 spiro atoms. The lowest BCUT2D eigenvalue weighted by Gasteiger charge is -2.28. The van der Waals surface area contributed by atoms with Crippen LogP contribution >= 0.6 is 0 Å². The van der Waals surface area contributed by atoms with Gasteiger partial charge in [0.05, 0.1) is 30.7 Å². The van der Waals surface area contributed by atoms with Gasteiger partial charge in [0.25, 0.3) is 0 Å². The van der Waals surface area contributed by atoms with E-state index in [1.54, 1.807) is 30.5 Å². The van der Waals surface area contributed by atoms with Crippen LogP contribution in [-0.4, -0.2) is 64.1 Å². The summed E-state index contributed by atoms with van der Waals surface area (Å²) >= 11 is 0. The molecule has 11 heteroatoms. The fourth-order valence-electron chi connectivity index (χ4n) is 3.58. The van der Waals surface area contributed by atoms with Crippen molar-refractivity contribution in [3.8, 4) is 23.1 Å². The first-order valence-corrected chi connectivity index (χ1v) is 13.0. The Kier molecular flexibility index (Phi) is 7.77. The van der Waals surface area contributed by atoms with Crippen molar-refractivity contribution in [2.24, 2.45) is 0 Å². The molecule has 1 saturated heterocycles. The minimum Gasteiger partial charge on any atom is -0.491 e. The van der Waals surface area contributed by atoms with Crippen LogP contribution in [0.5, 0.6) is 5.75 Å². The Balaban J connectivity index is 1.43. The summed E-state index contributed by atoms with van der Waals surface area (Å²) in [6.45, 7) is 3.45. The largest absolute Gasteiger partial charge is 0.491 e. The fraction of sp³-hybridized carbons (Fsp3) is 0.292. The molecule has 0 saturated carbocycles. The molecule has 2 heterocycles. The standard InChI is InChI=1S/C24H26N6O4S/c1-35(31,32)27-10-13-34-23-7-2-18(16-19(23)17-25)22-8-9-26-24(29-22)28-20-3-5-21(6-4-20)30-11-14-33-15-12-30/h2-9,16,27H,10-15H2,1H3,(H,26,28,29). The molecule has 3 aromatic rings. The van der Waals surface area contributed by atoms with Crippen LogP contribution in [0.2, 0.25) is 0 Å². The molecule has 1 fully saturated rings. The highest BCUT2D eigenvalue weighted by atomic mass is 32.2. The van der Waals surface area contributed by atoms with Crippen LogP contribution in [0.4, 0.5) is 17.3 Å². The second kappa shape index (κ2) is 11.1. The highest BCUT2D eigenvalue weighted by molar-refractivity contribution is 7.88. The van der Waals surface area contributed by atoms with Crippen LogP contribution in [0.1, 0.15) is 5.56 Å². The number of nitrogens with one attached hydrogen (secondary N) is 2. The SMILES string of the molecule is CS(=O)(=O)NCCOc1ccc(-c2ccnc(Nc3ccc(N4CCOCC4)cc3)n2)cc1C#N. The number of aromatic nitrogens is 2. The number of hydrogen-bond acceptors (Lipinski definition) is 9. The van der Waals surface area contributed by atoms with Gasteiger partial charge in [0.15, 0.2) is 0 Å². The van der Waals surface area contributed by atoms with E-state index in [0.29, 0.717) is 23.0 Å². The van der Waals surface area contributed by atoms with Gasteiger partial charge in [-0.05, 0) is 48.5 Å². The average Bonchev–Trinajstić information content (AvgIpc) is 2.87. The first-order chi connectivity index (χ1) is 16.9. The molecule has 35 heavy (non-hydrogen) atoms. The summed E-state index contributed by atoms with van der Waals surface area (Å²) < 4.78 is 35.6. The number of hydrogen-bond donors (Lipinski definition) is 2. The van der Waals surface area contributed by atoms with Crippen molar-refractivity contribution in [1.29, 1.82) is 5.26 Å². The van der Waals surface area contributed by atoms with E-state index in [2.05, 4.69) is 43.1 Å². The third-order valence-electron chi connectivity index (χ3n) is 5.27. The van der Waals surface area contributed by atoms with Gasteiger partial charge in [-0.3, -0.25) is 0 Å². The smallest absolute Gasteiger partial charge is 0.227 e. The lowest BCUT2D eigenvalue weighted by Crippen LogP contribution is -2.36. The molecule has 0 aliphatic carbocycles. The average molecular weight is 495 g/mol. The summed E-state index contributed by atoms with van der Waals surface area (Å²) in [6.07, 6.45) is 2.73. The maximum absolute atomic E-state index is 11.1. The third kappa shape index (κ3) is 6.89. The fourth-order valence-corrected chi connectivity index (χ4v) is 4.03. The van der Waals surface area contributed by atoms with Crippen LogP contribution in [0.15, 0.2) is 54.7 Å². The normalized spacial score (nSPS) is 13.8. The Morgan fingerprint density at radius 1 is 1.14 bits per heavy atom. The van der Waals surface area contributed by atoms with Gasteiger partial charge in [0.2, 0.25) is 16.0 Å². The Hall–Kier alpha value is -3.72. The summed E-state index contributed by atoms with van der Waals surface area (Å²) in [5.74, 6) is 0.812. The number of ether oxygens (including phenoxy) is 2. The molecule has 2 N–H and O–H groups in total. The first kappa shape index (κ1) is 24.4. The van der Waals surface area contributed by atoms with E-state index in [0.717, 1.165) is 49.5 Å². The highest BCUT2D eigenvalue weighted by Crippen LogP contribution is 2.26. The molecule has 1 aromatic heterocycles. The molecule has 1 aliphatic heterocycles. The van der Waals surface area contributed by atoms with Crippen molar-refractivity contribution < 1.29 is 17.9 Å². The number of sulfonamides is 1. The molecule has 1 aliphatic rings. The van der Waals surface area contributed by atoms with Crippen molar-refractivity contribution in [3.05, 3.63) is 60.3 Å². The number of nitrogens with zero attached hydrogens (tertiary/aromatic N) is 4. The second-order valence-electron chi connectivity index (χ2n) is 7.87. The molecule has 182 valence electrons. The van der Waals surface area contributed by atoms with Crippen LogP contribution in [0, 0.1) is 11.3 Å². The monoisotopic (exact) mass is 494 g/mol. The molecule has 0 unspecified atom stereocenters. The van der Waals surface area contributed by atoms with Crippen LogP contribution in [0.3, 0.4) is 0 Å². The molecule has 0 atom stereocenters. The maximum Gasteiger partial charge on any atom is 0.227 e. The van der Waals surface area contributed by atoms with Gasteiger partial charge in [0.1, 0.15) is 18.4 Å². The van der Waals surface area contributed by atoms with E-state index in [-0.39, 0.29) is 13.2 Å². The Morgan fingerprint density at radius 2 is 1.91 bits per heavy atom. The van der Waals surface area contributed by atoms with Crippen molar-refractivity contribution in [2.75, 3.05) is 55.9 Å². The number of rotatable bonds is 9. The number of nitriles is 1. The summed E-state index contributed by atoms with van der Waals surface area (Å²) in [5, 5.41) is 12.8. The van der Waals surface area contributed by atoms with Gasteiger partial charge in [-0.2, -0.15) is 5.26 Å². The van der Waals surface area contributed by atoms with Crippen LogP contribution in [-0.2, 0) is 14.8 Å². The van der Waals surface area contributed by atoms with Crippen molar-refractivity contribution in [3.63, 3.8) is 0 Å². The third-order valence-corrected chi connectivity index (χ3v) is 6.00. The molecular weight excluding hydrogens is 468 g/mol. The molecule has 2 aromatic carbocycles. The van der Waals surface area contributed by atoms with Gasteiger partial charge in [-0.25, -0.2) is 23.1 Å². The molecule has 10 nitrogen and oxygen atoms in total. The highest BCUT2D eigenvalue weighted by Gasteiger charge is 2.12. The maximum atomic E-state index is 11.1. The topological polar surface area (TPSA) is 129 Å². The summed E-state index contributed by atoms with van der Waals surface area (Å²) in [5.41, 5.74) is 3.72. The quantitative estimate of drug-likeness (QED) is 0.431. The van der Waals surface area contributed by atoms with E-state index in [9.17, 15) is 13.7 Å². The zero-order valence-electron chi connectivity index (χ0n) is 19.3. The first-order valence-electron chi connectivity index (χ1n) is 11.1. The number of anilines is 3. The molecule has 0 amide bonds. The minimum atomic E-state index is -3.29. The molecule has 0 bridgehead atoms. The zero-order valence-corrected chi connectivity index (χ0v) is 20.1. The minimum absolute atomic E-state index is 0.104. The van der Waals surface area contributed by atoms with E-state index < -0.39 is 10.0 Å². The van der Waals surface area contributed by atoms with E-state index in [1.165, 1.54) is 0 Å². The van der Waals surface area contributed by atoms with Gasteiger partial charge in [0, 0.05) is 42.8 Å². The van der Waals surface area contributed by atoms with E-state index in [1.807, 2.05) is 12.1 Å². The number of morpholine rings is 1. The lowest BCUT2D eigenvalue weighted by atomic mass is 10.1. The Bertz CT molecular complexity index is 1300. The zero-order chi connectivity index (χ0) is 24.7. The second-order valence-corrected chi connectivity index (χ2v) is 9.71. The van der Waals surface area contributed by atoms with Crippen molar-refractivity contribution in [2.45, 2.75) is 0 Å².